The Labute approximate surface area is 158 Å². The van der Waals surface area contributed by atoms with Crippen molar-refractivity contribution < 1.29 is 19.0 Å². The number of carbonyl (C=O) groups excluding carboxylic acids is 1. The molecule has 0 spiro atoms. The Morgan fingerprint density at radius 3 is 2.54 bits per heavy atom. The molecule has 0 saturated carbocycles. The first kappa shape index (κ1) is 20.2. The molecule has 7 heteroatoms. The van der Waals surface area contributed by atoms with Crippen LogP contribution in [0.25, 0.3) is 0 Å². The van der Waals surface area contributed by atoms with E-state index in [1.54, 1.807) is 43.6 Å². The van der Waals surface area contributed by atoms with Crippen LogP contribution < -0.4 is 10.1 Å². The highest BCUT2D eigenvalue weighted by molar-refractivity contribution is 6.30. The molecule has 26 heavy (non-hydrogen) atoms. The van der Waals surface area contributed by atoms with Gasteiger partial charge in [-0.25, -0.2) is 0 Å². The minimum absolute atomic E-state index is 0.299. The van der Waals surface area contributed by atoms with Gasteiger partial charge in [-0.1, -0.05) is 17.7 Å². The third-order valence-corrected chi connectivity index (χ3v) is 4.12. The summed E-state index contributed by atoms with van der Waals surface area (Å²) in [6.07, 6.45) is 1.94. The lowest BCUT2D eigenvalue weighted by Crippen LogP contribution is -2.43. The molecule has 0 unspecified atom stereocenters. The van der Waals surface area contributed by atoms with Crippen molar-refractivity contribution in [2.24, 2.45) is 0 Å². The zero-order valence-corrected chi connectivity index (χ0v) is 16.0. The maximum Gasteiger partial charge on any atom is 0.261 e. The van der Waals surface area contributed by atoms with Crippen LogP contribution in [0, 0.1) is 6.92 Å². The zero-order chi connectivity index (χ0) is 19.1. The standard InChI is InChI=1S/C19H23ClN2O4/c1-12-10-15(20)7-8-16(12)26-13(2)18(23)22-17(19(24-3)25-4)14-6-5-9-21-11-14/h5-11,13,17,19H,1-4H3,(H,22,23)/t13-,17-/m1/s1. The molecule has 1 amide bonds. The van der Waals surface area contributed by atoms with Gasteiger partial charge in [-0.2, -0.15) is 0 Å². The van der Waals surface area contributed by atoms with Gasteiger partial charge in [-0.15, -0.1) is 0 Å². The highest BCUT2D eigenvalue weighted by Gasteiger charge is 2.27. The molecule has 0 bridgehead atoms. The van der Waals surface area contributed by atoms with Crippen LogP contribution in [0.5, 0.6) is 5.75 Å². The van der Waals surface area contributed by atoms with Gasteiger partial charge < -0.3 is 19.5 Å². The van der Waals surface area contributed by atoms with Crippen LogP contribution in [0.3, 0.4) is 0 Å². The Morgan fingerprint density at radius 2 is 1.96 bits per heavy atom. The number of rotatable bonds is 8. The number of hydrogen-bond acceptors (Lipinski definition) is 5. The first-order valence-corrected chi connectivity index (χ1v) is 8.52. The fraction of sp³-hybridized carbons (Fsp3) is 0.368. The number of ether oxygens (including phenoxy) is 3. The van der Waals surface area contributed by atoms with E-state index < -0.39 is 18.4 Å². The second-order valence-electron chi connectivity index (χ2n) is 5.78. The maximum atomic E-state index is 12.7. The molecule has 2 aromatic rings. The van der Waals surface area contributed by atoms with Gasteiger partial charge in [0.2, 0.25) is 0 Å². The molecule has 140 valence electrons. The highest BCUT2D eigenvalue weighted by atomic mass is 35.5. The number of aryl methyl sites for hydroxylation is 1. The van der Waals surface area contributed by atoms with E-state index in [1.807, 2.05) is 13.0 Å². The third-order valence-electron chi connectivity index (χ3n) is 3.89. The average molecular weight is 379 g/mol. The minimum atomic E-state index is -0.719. The summed E-state index contributed by atoms with van der Waals surface area (Å²) >= 11 is 5.95. The van der Waals surface area contributed by atoms with Gasteiger partial charge in [0, 0.05) is 31.6 Å². The van der Waals surface area contributed by atoms with Gasteiger partial charge in [0.15, 0.2) is 12.4 Å². The molecule has 0 saturated heterocycles. The number of benzene rings is 1. The summed E-state index contributed by atoms with van der Waals surface area (Å²) in [5.41, 5.74) is 1.62. The number of hydrogen-bond donors (Lipinski definition) is 1. The molecule has 1 aromatic heterocycles. The van der Waals surface area contributed by atoms with Crippen LogP contribution in [0.4, 0.5) is 0 Å². The monoisotopic (exact) mass is 378 g/mol. The summed E-state index contributed by atoms with van der Waals surface area (Å²) in [7, 11) is 3.03. The van der Waals surface area contributed by atoms with Crippen LogP contribution in [0.2, 0.25) is 5.02 Å². The second-order valence-corrected chi connectivity index (χ2v) is 6.22. The molecule has 1 aromatic carbocycles. The molecule has 1 heterocycles. The summed E-state index contributed by atoms with van der Waals surface area (Å²) in [6.45, 7) is 3.55. The van der Waals surface area contributed by atoms with Crippen LogP contribution in [0.15, 0.2) is 42.7 Å². The van der Waals surface area contributed by atoms with Crippen LogP contribution in [-0.2, 0) is 14.3 Å². The lowest BCUT2D eigenvalue weighted by atomic mass is 10.1. The van der Waals surface area contributed by atoms with E-state index in [2.05, 4.69) is 10.3 Å². The Kier molecular flexibility index (Phi) is 7.38. The van der Waals surface area contributed by atoms with Crippen molar-refractivity contribution in [3.63, 3.8) is 0 Å². The number of nitrogens with one attached hydrogen (secondary N) is 1. The SMILES string of the molecule is COC(OC)[C@H](NC(=O)[C@@H](C)Oc1ccc(Cl)cc1C)c1cccnc1. The van der Waals surface area contributed by atoms with Gasteiger partial charge in [0.05, 0.1) is 0 Å². The predicted octanol–water partition coefficient (Wildman–Crippen LogP) is 3.29. The van der Waals surface area contributed by atoms with Gasteiger partial charge in [0.1, 0.15) is 11.8 Å². The van der Waals surface area contributed by atoms with Crippen molar-refractivity contribution in [3.8, 4) is 5.75 Å². The molecule has 0 radical (unpaired) electrons. The third kappa shape index (κ3) is 5.17. The van der Waals surface area contributed by atoms with Crippen LogP contribution >= 0.6 is 11.6 Å². The van der Waals surface area contributed by atoms with Gasteiger partial charge >= 0.3 is 0 Å². The Bertz CT molecular complexity index is 723. The Balaban J connectivity index is 2.12. The quantitative estimate of drug-likeness (QED) is 0.714. The number of amides is 1. The minimum Gasteiger partial charge on any atom is -0.481 e. The maximum absolute atomic E-state index is 12.7. The predicted molar refractivity (Wildman–Crippen MR) is 99.2 cm³/mol. The van der Waals surface area contributed by atoms with E-state index in [9.17, 15) is 4.79 Å². The van der Waals surface area contributed by atoms with Crippen molar-refractivity contribution in [3.05, 3.63) is 58.9 Å². The zero-order valence-electron chi connectivity index (χ0n) is 15.2. The number of halogens is 1. The molecule has 1 N–H and O–H groups in total. The second kappa shape index (κ2) is 9.52. The summed E-state index contributed by atoms with van der Waals surface area (Å²) in [6, 6.07) is 8.35. The molecule has 2 atom stereocenters. The van der Waals surface area contributed by atoms with Gasteiger partial charge in [-0.3, -0.25) is 9.78 Å². The molecular weight excluding hydrogens is 356 g/mol. The molecular formula is C19H23ClN2O4. The lowest BCUT2D eigenvalue weighted by molar-refractivity contribution is -0.142. The van der Waals surface area contributed by atoms with Crippen LogP contribution in [-0.4, -0.2) is 37.5 Å². The lowest BCUT2D eigenvalue weighted by Gasteiger charge is -2.27. The van der Waals surface area contributed by atoms with E-state index in [0.29, 0.717) is 10.8 Å². The number of aromatic nitrogens is 1. The van der Waals surface area contributed by atoms with E-state index in [0.717, 1.165) is 11.1 Å². The van der Waals surface area contributed by atoms with E-state index >= 15 is 0 Å². The first-order chi connectivity index (χ1) is 12.5. The first-order valence-electron chi connectivity index (χ1n) is 8.15. The smallest absolute Gasteiger partial charge is 0.261 e. The summed E-state index contributed by atoms with van der Waals surface area (Å²) in [5, 5.41) is 3.52. The van der Waals surface area contributed by atoms with Crippen molar-refractivity contribution in [1.82, 2.24) is 10.3 Å². The van der Waals surface area contributed by atoms with E-state index in [1.165, 1.54) is 14.2 Å². The molecule has 0 aliphatic carbocycles. The molecule has 0 aliphatic heterocycles. The normalized spacial score (nSPS) is 13.3. The van der Waals surface area contributed by atoms with Crippen molar-refractivity contribution in [2.75, 3.05) is 14.2 Å². The summed E-state index contributed by atoms with van der Waals surface area (Å²) in [5.74, 6) is 0.303. The largest absolute Gasteiger partial charge is 0.481 e. The topological polar surface area (TPSA) is 69.7 Å². The van der Waals surface area contributed by atoms with Gasteiger partial charge in [0.25, 0.3) is 5.91 Å². The number of methoxy groups -OCH3 is 2. The van der Waals surface area contributed by atoms with E-state index in [-0.39, 0.29) is 5.91 Å². The van der Waals surface area contributed by atoms with Crippen molar-refractivity contribution in [2.45, 2.75) is 32.3 Å². The average Bonchev–Trinajstić information content (AvgIpc) is 2.64. The Morgan fingerprint density at radius 1 is 1.23 bits per heavy atom. The van der Waals surface area contributed by atoms with Crippen LogP contribution in [0.1, 0.15) is 24.1 Å². The molecule has 0 fully saturated rings. The van der Waals surface area contributed by atoms with E-state index in [4.69, 9.17) is 25.8 Å². The summed E-state index contributed by atoms with van der Waals surface area (Å²) < 4.78 is 16.4. The molecule has 0 aliphatic rings. The number of carbonyl (C=O) groups is 1. The fourth-order valence-electron chi connectivity index (χ4n) is 2.50. The van der Waals surface area contributed by atoms with Crippen molar-refractivity contribution in [1.29, 1.82) is 0 Å². The Hall–Kier alpha value is -2.15. The highest BCUT2D eigenvalue weighted by Crippen LogP contribution is 2.24. The molecule has 6 nitrogen and oxygen atoms in total. The van der Waals surface area contributed by atoms with Crippen molar-refractivity contribution >= 4 is 17.5 Å². The molecule has 2 rings (SSSR count). The number of nitrogens with zero attached hydrogens (tertiary/aromatic N) is 1. The summed E-state index contributed by atoms with van der Waals surface area (Å²) in [4.78, 5) is 16.7. The number of pyridine rings is 1. The van der Waals surface area contributed by atoms with Gasteiger partial charge in [-0.05, 0) is 49.2 Å². The fourth-order valence-corrected chi connectivity index (χ4v) is 2.72.